The van der Waals surface area contributed by atoms with Gasteiger partial charge >= 0.3 is 12.0 Å². The fourth-order valence-corrected chi connectivity index (χ4v) is 1.80. The van der Waals surface area contributed by atoms with Crippen LogP contribution in [0.5, 0.6) is 0 Å². The number of carbonyl (C=O) groups excluding carboxylic acids is 1. The second kappa shape index (κ2) is 7.42. The van der Waals surface area contributed by atoms with Gasteiger partial charge in [0.1, 0.15) is 0 Å². The number of aliphatic carboxylic acids is 1. The van der Waals surface area contributed by atoms with E-state index in [1.165, 1.54) is 4.90 Å². The van der Waals surface area contributed by atoms with Gasteiger partial charge in [0.25, 0.3) is 0 Å². The van der Waals surface area contributed by atoms with Gasteiger partial charge in [-0.15, -0.1) is 0 Å². The third-order valence-electron chi connectivity index (χ3n) is 2.86. The van der Waals surface area contributed by atoms with Crippen molar-refractivity contribution in [3.8, 4) is 0 Å². The molecule has 110 valence electrons. The zero-order valence-electron chi connectivity index (χ0n) is 12.0. The van der Waals surface area contributed by atoms with Crippen molar-refractivity contribution in [3.63, 3.8) is 0 Å². The molecule has 0 fully saturated rings. The van der Waals surface area contributed by atoms with Gasteiger partial charge in [-0.3, -0.25) is 14.8 Å². The summed E-state index contributed by atoms with van der Waals surface area (Å²) in [7, 11) is 0. The zero-order valence-corrected chi connectivity index (χ0v) is 12.0. The molecule has 1 aromatic rings. The number of aryl methyl sites for hydroxylation is 1. The lowest BCUT2D eigenvalue weighted by molar-refractivity contribution is -0.138. The van der Waals surface area contributed by atoms with E-state index in [4.69, 9.17) is 5.11 Å². The first kappa shape index (κ1) is 15.9. The van der Waals surface area contributed by atoms with Gasteiger partial charge in [0.15, 0.2) is 0 Å². The molecule has 2 amide bonds. The van der Waals surface area contributed by atoms with E-state index in [1.54, 1.807) is 19.3 Å². The molecule has 1 unspecified atom stereocenters. The van der Waals surface area contributed by atoms with Crippen LogP contribution < -0.4 is 5.32 Å². The molecule has 0 radical (unpaired) electrons. The van der Waals surface area contributed by atoms with Gasteiger partial charge in [-0.25, -0.2) is 4.79 Å². The lowest BCUT2D eigenvalue weighted by Crippen LogP contribution is -2.45. The van der Waals surface area contributed by atoms with Crippen molar-refractivity contribution in [1.82, 2.24) is 20.2 Å². The van der Waals surface area contributed by atoms with E-state index in [1.807, 2.05) is 13.8 Å². The van der Waals surface area contributed by atoms with Gasteiger partial charge in [-0.2, -0.15) is 0 Å². The zero-order chi connectivity index (χ0) is 15.1. The summed E-state index contributed by atoms with van der Waals surface area (Å²) in [5, 5.41) is 11.5. The Labute approximate surface area is 118 Å². The van der Waals surface area contributed by atoms with Gasteiger partial charge in [-0.05, 0) is 20.8 Å². The maximum absolute atomic E-state index is 12.0. The van der Waals surface area contributed by atoms with Crippen molar-refractivity contribution in [1.29, 1.82) is 0 Å². The fourth-order valence-electron chi connectivity index (χ4n) is 1.80. The molecule has 0 aliphatic rings. The van der Waals surface area contributed by atoms with Gasteiger partial charge < -0.3 is 15.3 Å². The number of hydrogen-bond donors (Lipinski definition) is 2. The molecule has 0 bridgehead atoms. The number of carboxylic acid groups (broad SMARTS) is 1. The summed E-state index contributed by atoms with van der Waals surface area (Å²) < 4.78 is 0. The molecule has 0 aliphatic heterocycles. The molecule has 1 heterocycles. The highest BCUT2D eigenvalue weighted by molar-refractivity contribution is 5.75. The third kappa shape index (κ3) is 4.83. The number of nitrogens with one attached hydrogen (secondary N) is 1. The van der Waals surface area contributed by atoms with E-state index in [0.717, 1.165) is 5.69 Å². The number of carbonyl (C=O) groups is 2. The fraction of sp³-hybridized carbons (Fsp3) is 0.538. The minimum Gasteiger partial charge on any atom is -0.481 e. The second-order valence-corrected chi connectivity index (χ2v) is 4.54. The van der Waals surface area contributed by atoms with Gasteiger partial charge in [-0.1, -0.05) is 0 Å². The molecule has 1 aromatic heterocycles. The van der Waals surface area contributed by atoms with Crippen LogP contribution >= 0.6 is 0 Å². The van der Waals surface area contributed by atoms with E-state index in [2.05, 4.69) is 15.3 Å². The van der Waals surface area contributed by atoms with E-state index in [9.17, 15) is 9.59 Å². The van der Waals surface area contributed by atoms with E-state index >= 15 is 0 Å². The van der Waals surface area contributed by atoms with Crippen LogP contribution in [0.2, 0.25) is 0 Å². The summed E-state index contributed by atoms with van der Waals surface area (Å²) in [4.78, 5) is 32.4. The Bertz CT molecular complexity index is 461. The summed E-state index contributed by atoms with van der Waals surface area (Å²) in [5.41, 5.74) is 1.47. The first-order chi connectivity index (χ1) is 9.43. The van der Waals surface area contributed by atoms with Gasteiger partial charge in [0.05, 0.1) is 30.6 Å². The maximum atomic E-state index is 12.0. The molecule has 0 aliphatic carbocycles. The minimum absolute atomic E-state index is 0.0778. The standard InChI is InChI=1S/C13H20N4O3/c1-4-17(10(3)5-12(18)19)13(20)16-8-11-7-14-9(2)6-15-11/h6-7,10H,4-5,8H2,1-3H3,(H,16,20)(H,18,19). The normalized spacial score (nSPS) is 11.8. The highest BCUT2D eigenvalue weighted by Gasteiger charge is 2.20. The minimum atomic E-state index is -0.923. The summed E-state index contributed by atoms with van der Waals surface area (Å²) >= 11 is 0. The molecule has 7 nitrogen and oxygen atoms in total. The van der Waals surface area contributed by atoms with Crippen molar-refractivity contribution < 1.29 is 14.7 Å². The summed E-state index contributed by atoms with van der Waals surface area (Å²) in [6.07, 6.45) is 3.16. The Morgan fingerprint density at radius 3 is 2.60 bits per heavy atom. The topological polar surface area (TPSA) is 95.4 Å². The summed E-state index contributed by atoms with van der Waals surface area (Å²) in [6, 6.07) is -0.662. The monoisotopic (exact) mass is 280 g/mol. The number of carboxylic acids is 1. The molecule has 1 atom stereocenters. The Morgan fingerprint density at radius 2 is 2.10 bits per heavy atom. The summed E-state index contributed by atoms with van der Waals surface area (Å²) in [6.45, 7) is 6.07. The van der Waals surface area contributed by atoms with Crippen molar-refractivity contribution >= 4 is 12.0 Å². The van der Waals surface area contributed by atoms with Crippen LogP contribution in [0.4, 0.5) is 4.79 Å². The maximum Gasteiger partial charge on any atom is 0.317 e. The predicted octanol–water partition coefficient (Wildman–Crippen LogP) is 1.18. The molecule has 7 heteroatoms. The first-order valence-electron chi connectivity index (χ1n) is 6.47. The van der Waals surface area contributed by atoms with E-state index < -0.39 is 5.97 Å². The van der Waals surface area contributed by atoms with Crippen molar-refractivity contribution in [2.75, 3.05) is 6.54 Å². The van der Waals surface area contributed by atoms with Crippen LogP contribution in [-0.4, -0.2) is 44.6 Å². The highest BCUT2D eigenvalue weighted by Crippen LogP contribution is 2.04. The van der Waals surface area contributed by atoms with Gasteiger partial charge in [0.2, 0.25) is 0 Å². The Morgan fingerprint density at radius 1 is 1.40 bits per heavy atom. The first-order valence-corrected chi connectivity index (χ1v) is 6.47. The second-order valence-electron chi connectivity index (χ2n) is 4.54. The van der Waals surface area contributed by atoms with Crippen LogP contribution in [0.15, 0.2) is 12.4 Å². The third-order valence-corrected chi connectivity index (χ3v) is 2.86. The van der Waals surface area contributed by atoms with Crippen molar-refractivity contribution in [2.24, 2.45) is 0 Å². The highest BCUT2D eigenvalue weighted by atomic mass is 16.4. The van der Waals surface area contributed by atoms with E-state index in [-0.39, 0.29) is 25.0 Å². The Balaban J connectivity index is 2.54. The lowest BCUT2D eigenvalue weighted by atomic mass is 10.2. The largest absolute Gasteiger partial charge is 0.481 e. The molecule has 0 aromatic carbocycles. The molecule has 0 spiro atoms. The molecular weight excluding hydrogens is 260 g/mol. The molecule has 0 saturated heterocycles. The quantitative estimate of drug-likeness (QED) is 0.815. The number of hydrogen-bond acceptors (Lipinski definition) is 4. The molecule has 20 heavy (non-hydrogen) atoms. The summed E-state index contributed by atoms with van der Waals surface area (Å²) in [5.74, 6) is -0.923. The van der Waals surface area contributed by atoms with Crippen LogP contribution in [0, 0.1) is 6.92 Å². The number of urea groups is 1. The molecule has 1 rings (SSSR count). The number of aromatic nitrogens is 2. The number of amides is 2. The van der Waals surface area contributed by atoms with Crippen molar-refractivity contribution in [2.45, 2.75) is 39.8 Å². The molecular formula is C13H20N4O3. The lowest BCUT2D eigenvalue weighted by Gasteiger charge is -2.27. The SMILES string of the molecule is CCN(C(=O)NCc1cnc(C)cn1)C(C)CC(=O)O. The Kier molecular flexibility index (Phi) is 5.89. The predicted molar refractivity (Wildman–Crippen MR) is 73.1 cm³/mol. The number of rotatable bonds is 6. The smallest absolute Gasteiger partial charge is 0.317 e. The average molecular weight is 280 g/mol. The van der Waals surface area contributed by atoms with Crippen LogP contribution in [0.25, 0.3) is 0 Å². The average Bonchev–Trinajstić information content (AvgIpc) is 2.38. The molecule has 2 N–H and O–H groups in total. The van der Waals surface area contributed by atoms with Gasteiger partial charge in [0, 0.05) is 18.8 Å². The Hall–Kier alpha value is -2.18. The molecule has 0 saturated carbocycles. The van der Waals surface area contributed by atoms with Crippen molar-refractivity contribution in [3.05, 3.63) is 23.8 Å². The van der Waals surface area contributed by atoms with E-state index in [0.29, 0.717) is 12.2 Å². The van der Waals surface area contributed by atoms with Crippen LogP contribution in [-0.2, 0) is 11.3 Å². The number of nitrogens with zero attached hydrogens (tertiary/aromatic N) is 3. The van der Waals surface area contributed by atoms with Crippen LogP contribution in [0.1, 0.15) is 31.7 Å². The van der Waals surface area contributed by atoms with Crippen LogP contribution in [0.3, 0.4) is 0 Å².